The van der Waals surface area contributed by atoms with Crippen LogP contribution in [0.1, 0.15) is 21.5 Å². The van der Waals surface area contributed by atoms with E-state index in [4.69, 9.17) is 0 Å². The zero-order valence-electron chi connectivity index (χ0n) is 13.0. The monoisotopic (exact) mass is 357 g/mol. The third-order valence-electron chi connectivity index (χ3n) is 3.32. The van der Waals surface area contributed by atoms with Gasteiger partial charge in [-0.2, -0.15) is 5.10 Å². The van der Waals surface area contributed by atoms with E-state index in [0.717, 1.165) is 20.7 Å². The van der Waals surface area contributed by atoms with Crippen LogP contribution in [-0.2, 0) is 11.3 Å². The van der Waals surface area contributed by atoms with Crippen LogP contribution in [0.3, 0.4) is 0 Å². The number of thioether (sulfide) groups is 1. The fourth-order valence-electron chi connectivity index (χ4n) is 2.15. The summed E-state index contributed by atoms with van der Waals surface area (Å²) < 4.78 is 0. The number of hydrogen-bond donors (Lipinski definition) is 1. The van der Waals surface area contributed by atoms with E-state index in [2.05, 4.69) is 15.5 Å². The van der Waals surface area contributed by atoms with Gasteiger partial charge in [0.2, 0.25) is 5.91 Å². The molecule has 0 fully saturated rings. The second-order valence-corrected chi connectivity index (χ2v) is 7.26. The van der Waals surface area contributed by atoms with Gasteiger partial charge >= 0.3 is 0 Å². The first-order chi connectivity index (χ1) is 11.6. The number of ketones is 1. The highest BCUT2D eigenvalue weighted by molar-refractivity contribution is 8.00. The van der Waals surface area contributed by atoms with Crippen LogP contribution in [0, 0.1) is 0 Å². The van der Waals surface area contributed by atoms with Crippen molar-refractivity contribution in [1.29, 1.82) is 0 Å². The standard InChI is InChI=1S/C17H15N3O2S2/c1-11(21)18-9-13-6-7-16(24-13)15(22)10-23-17-14-5-3-2-4-12(14)8-19-20-17/h2-8H,9-10H2,1H3,(H,18,21). The van der Waals surface area contributed by atoms with Crippen molar-refractivity contribution in [1.82, 2.24) is 15.5 Å². The van der Waals surface area contributed by atoms with Crippen molar-refractivity contribution >= 4 is 45.6 Å². The van der Waals surface area contributed by atoms with Gasteiger partial charge in [-0.3, -0.25) is 9.59 Å². The minimum atomic E-state index is -0.0821. The lowest BCUT2D eigenvalue weighted by Gasteiger charge is -2.03. The summed E-state index contributed by atoms with van der Waals surface area (Å²) in [7, 11) is 0. The number of nitrogens with one attached hydrogen (secondary N) is 1. The molecule has 5 nitrogen and oxygen atoms in total. The number of nitrogens with zero attached hydrogens (tertiary/aromatic N) is 2. The lowest BCUT2D eigenvalue weighted by Crippen LogP contribution is -2.18. The number of thiophene rings is 1. The minimum Gasteiger partial charge on any atom is -0.351 e. The lowest BCUT2D eigenvalue weighted by molar-refractivity contribution is -0.119. The molecule has 0 saturated carbocycles. The Hall–Kier alpha value is -2.25. The fourth-order valence-corrected chi connectivity index (χ4v) is 3.99. The van der Waals surface area contributed by atoms with Gasteiger partial charge in [-0.25, -0.2) is 0 Å². The first-order valence-electron chi connectivity index (χ1n) is 7.33. The quantitative estimate of drug-likeness (QED) is 0.541. The van der Waals surface area contributed by atoms with Gasteiger partial charge in [0.05, 0.1) is 23.4 Å². The van der Waals surface area contributed by atoms with Crippen molar-refractivity contribution in [3.05, 3.63) is 52.3 Å². The van der Waals surface area contributed by atoms with Crippen LogP contribution in [0.25, 0.3) is 10.8 Å². The number of fused-ring (bicyclic) bond motifs is 1. The van der Waals surface area contributed by atoms with Gasteiger partial charge in [-0.15, -0.1) is 16.4 Å². The number of benzene rings is 1. The molecule has 7 heteroatoms. The predicted octanol–water partition coefficient (Wildman–Crippen LogP) is 3.30. The number of aromatic nitrogens is 2. The molecule has 1 aromatic carbocycles. The zero-order valence-corrected chi connectivity index (χ0v) is 14.6. The highest BCUT2D eigenvalue weighted by atomic mass is 32.2. The molecule has 0 aliphatic rings. The largest absolute Gasteiger partial charge is 0.351 e. The highest BCUT2D eigenvalue weighted by Gasteiger charge is 2.12. The van der Waals surface area contributed by atoms with Crippen molar-refractivity contribution in [3.8, 4) is 0 Å². The predicted molar refractivity (Wildman–Crippen MR) is 96.4 cm³/mol. The Morgan fingerprint density at radius 1 is 1.21 bits per heavy atom. The summed E-state index contributed by atoms with van der Waals surface area (Å²) in [5.41, 5.74) is 0. The van der Waals surface area contributed by atoms with E-state index in [1.165, 1.54) is 30.0 Å². The van der Waals surface area contributed by atoms with Gasteiger partial charge in [0.1, 0.15) is 5.03 Å². The van der Waals surface area contributed by atoms with Crippen LogP contribution in [0.5, 0.6) is 0 Å². The van der Waals surface area contributed by atoms with E-state index < -0.39 is 0 Å². The molecule has 0 spiro atoms. The lowest BCUT2D eigenvalue weighted by atomic mass is 10.2. The Labute approximate surface area is 147 Å². The summed E-state index contributed by atoms with van der Waals surface area (Å²) in [6.07, 6.45) is 1.72. The zero-order chi connectivity index (χ0) is 16.9. The van der Waals surface area contributed by atoms with Crippen LogP contribution < -0.4 is 5.32 Å². The first-order valence-corrected chi connectivity index (χ1v) is 9.13. The van der Waals surface area contributed by atoms with E-state index in [1.54, 1.807) is 12.3 Å². The topological polar surface area (TPSA) is 72.0 Å². The summed E-state index contributed by atoms with van der Waals surface area (Å²) >= 11 is 2.80. The van der Waals surface area contributed by atoms with Crippen LogP contribution >= 0.6 is 23.1 Å². The van der Waals surface area contributed by atoms with Gasteiger partial charge in [0.15, 0.2) is 5.78 Å². The molecule has 3 aromatic rings. The average Bonchev–Trinajstić information content (AvgIpc) is 3.07. The maximum absolute atomic E-state index is 12.4. The van der Waals surface area contributed by atoms with E-state index in [0.29, 0.717) is 17.2 Å². The molecule has 0 unspecified atom stereocenters. The van der Waals surface area contributed by atoms with Crippen molar-refractivity contribution in [2.75, 3.05) is 5.75 Å². The Morgan fingerprint density at radius 2 is 2.04 bits per heavy atom. The van der Waals surface area contributed by atoms with E-state index in [1.807, 2.05) is 30.3 Å². The summed E-state index contributed by atoms with van der Waals surface area (Å²) in [6, 6.07) is 11.5. The molecule has 122 valence electrons. The molecule has 3 rings (SSSR count). The second kappa shape index (κ2) is 7.55. The van der Waals surface area contributed by atoms with Crippen molar-refractivity contribution in [2.24, 2.45) is 0 Å². The van der Waals surface area contributed by atoms with Crippen LogP contribution in [-0.4, -0.2) is 27.6 Å². The van der Waals surface area contributed by atoms with Crippen molar-refractivity contribution in [3.63, 3.8) is 0 Å². The number of carbonyl (C=O) groups is 2. The number of Topliss-reactive ketones (excluding diaryl/α,β-unsaturated/α-hetero) is 1. The molecule has 0 aliphatic carbocycles. The normalized spacial score (nSPS) is 10.7. The number of carbonyl (C=O) groups excluding carboxylic acids is 2. The van der Waals surface area contributed by atoms with Gasteiger partial charge in [-0.1, -0.05) is 36.0 Å². The van der Waals surface area contributed by atoms with Gasteiger partial charge < -0.3 is 5.32 Å². The summed E-state index contributed by atoms with van der Waals surface area (Å²) in [6.45, 7) is 1.93. The van der Waals surface area contributed by atoms with E-state index in [9.17, 15) is 9.59 Å². The molecule has 2 heterocycles. The maximum atomic E-state index is 12.4. The molecule has 0 bridgehead atoms. The molecule has 0 aliphatic heterocycles. The van der Waals surface area contributed by atoms with E-state index >= 15 is 0 Å². The molecule has 0 atom stereocenters. The molecule has 0 radical (unpaired) electrons. The number of rotatable bonds is 6. The second-order valence-electron chi connectivity index (χ2n) is 5.12. The van der Waals surface area contributed by atoms with Crippen LogP contribution in [0.4, 0.5) is 0 Å². The Bertz CT molecular complexity index is 887. The van der Waals surface area contributed by atoms with Crippen molar-refractivity contribution in [2.45, 2.75) is 18.5 Å². The van der Waals surface area contributed by atoms with Crippen molar-refractivity contribution < 1.29 is 9.59 Å². The molecular weight excluding hydrogens is 342 g/mol. The smallest absolute Gasteiger partial charge is 0.217 e. The third kappa shape index (κ3) is 3.98. The van der Waals surface area contributed by atoms with Gasteiger partial charge in [-0.05, 0) is 12.1 Å². The number of amides is 1. The Balaban J connectivity index is 1.66. The number of hydrogen-bond acceptors (Lipinski definition) is 6. The molecule has 2 aromatic heterocycles. The Kier molecular flexibility index (Phi) is 5.22. The van der Waals surface area contributed by atoms with Crippen LogP contribution in [0.15, 0.2) is 47.6 Å². The molecule has 24 heavy (non-hydrogen) atoms. The summed E-state index contributed by atoms with van der Waals surface area (Å²) in [5.74, 6) is 0.276. The third-order valence-corrected chi connectivity index (χ3v) is 5.43. The highest BCUT2D eigenvalue weighted by Crippen LogP contribution is 2.26. The maximum Gasteiger partial charge on any atom is 0.217 e. The SMILES string of the molecule is CC(=O)NCc1ccc(C(=O)CSc2nncc3ccccc23)s1. The molecule has 1 amide bonds. The summed E-state index contributed by atoms with van der Waals surface area (Å²) in [4.78, 5) is 24.9. The van der Waals surface area contributed by atoms with E-state index in [-0.39, 0.29) is 11.7 Å². The first kappa shape index (κ1) is 16.6. The average molecular weight is 357 g/mol. The molecular formula is C17H15N3O2S2. The molecule has 1 N–H and O–H groups in total. The van der Waals surface area contributed by atoms with Crippen LogP contribution in [0.2, 0.25) is 0 Å². The van der Waals surface area contributed by atoms with Gasteiger partial charge in [0, 0.05) is 22.6 Å². The minimum absolute atomic E-state index is 0.0498. The summed E-state index contributed by atoms with van der Waals surface area (Å²) in [5, 5.41) is 13.6. The van der Waals surface area contributed by atoms with Gasteiger partial charge in [0.25, 0.3) is 0 Å². The molecule has 0 saturated heterocycles. The fraction of sp³-hybridized carbons (Fsp3) is 0.176. The Morgan fingerprint density at radius 3 is 2.88 bits per heavy atom.